The van der Waals surface area contributed by atoms with Crippen molar-refractivity contribution in [3.63, 3.8) is 0 Å². The van der Waals surface area contributed by atoms with Gasteiger partial charge in [-0.2, -0.15) is 0 Å². The summed E-state index contributed by atoms with van der Waals surface area (Å²) in [5.41, 5.74) is 7.20. The lowest BCUT2D eigenvalue weighted by Crippen LogP contribution is -2.31. The summed E-state index contributed by atoms with van der Waals surface area (Å²) in [6.07, 6.45) is 2.48. The first-order valence-electron chi connectivity index (χ1n) is 6.20. The Morgan fingerprint density at radius 3 is 2.50 bits per heavy atom. The van der Waals surface area contributed by atoms with Gasteiger partial charge in [0, 0.05) is 11.4 Å². The molecule has 92 valence electrons. The average molecular weight is 240 g/mol. The maximum Gasteiger partial charge on any atom is 0.0542 e. The third kappa shape index (κ3) is 3.58. The molecule has 3 heteroatoms. The zero-order valence-corrected chi connectivity index (χ0v) is 11.4. The standard InChI is InChI=1S/C13H24N2S/c1-4-11(5-2)9-15-12(8-14)13-10(3)6-7-16-13/h6-7,11-12,15H,4-5,8-9,14H2,1-3H3. The second-order valence-electron chi connectivity index (χ2n) is 4.35. The molecule has 0 saturated carbocycles. The van der Waals surface area contributed by atoms with Crippen LogP contribution in [0.25, 0.3) is 0 Å². The van der Waals surface area contributed by atoms with Crippen molar-refractivity contribution in [2.75, 3.05) is 13.1 Å². The summed E-state index contributed by atoms with van der Waals surface area (Å²) in [4.78, 5) is 1.40. The minimum absolute atomic E-state index is 0.334. The first-order chi connectivity index (χ1) is 7.72. The number of hydrogen-bond acceptors (Lipinski definition) is 3. The largest absolute Gasteiger partial charge is 0.329 e. The molecule has 0 spiro atoms. The molecule has 0 fully saturated rings. The Morgan fingerprint density at radius 1 is 1.38 bits per heavy atom. The van der Waals surface area contributed by atoms with Crippen molar-refractivity contribution in [1.29, 1.82) is 0 Å². The Kier molecular flexibility index (Phi) is 6.03. The van der Waals surface area contributed by atoms with E-state index in [1.54, 1.807) is 11.3 Å². The molecule has 0 bridgehead atoms. The van der Waals surface area contributed by atoms with Crippen LogP contribution in [-0.2, 0) is 0 Å². The summed E-state index contributed by atoms with van der Waals surface area (Å²) < 4.78 is 0. The summed E-state index contributed by atoms with van der Waals surface area (Å²) in [6.45, 7) is 8.42. The van der Waals surface area contributed by atoms with Gasteiger partial charge in [-0.25, -0.2) is 0 Å². The second kappa shape index (κ2) is 7.05. The van der Waals surface area contributed by atoms with E-state index in [0.29, 0.717) is 12.6 Å². The van der Waals surface area contributed by atoms with Crippen molar-refractivity contribution in [2.45, 2.75) is 39.7 Å². The second-order valence-corrected chi connectivity index (χ2v) is 5.29. The van der Waals surface area contributed by atoms with E-state index in [-0.39, 0.29) is 0 Å². The highest BCUT2D eigenvalue weighted by molar-refractivity contribution is 7.10. The molecular formula is C13H24N2S. The highest BCUT2D eigenvalue weighted by Crippen LogP contribution is 2.23. The van der Waals surface area contributed by atoms with Crippen LogP contribution in [0.15, 0.2) is 11.4 Å². The van der Waals surface area contributed by atoms with Gasteiger partial charge in [-0.15, -0.1) is 11.3 Å². The predicted octanol–water partition coefficient (Wildman–Crippen LogP) is 3.08. The Labute approximate surface area is 103 Å². The topological polar surface area (TPSA) is 38.0 Å². The van der Waals surface area contributed by atoms with Crippen molar-refractivity contribution < 1.29 is 0 Å². The molecule has 16 heavy (non-hydrogen) atoms. The SMILES string of the molecule is CCC(CC)CNC(CN)c1sccc1C. The van der Waals surface area contributed by atoms with Crippen LogP contribution in [-0.4, -0.2) is 13.1 Å². The van der Waals surface area contributed by atoms with Gasteiger partial charge in [-0.05, 0) is 36.4 Å². The molecule has 1 aromatic heterocycles. The van der Waals surface area contributed by atoms with E-state index in [0.717, 1.165) is 12.5 Å². The Balaban J connectivity index is 2.53. The molecule has 0 radical (unpaired) electrons. The number of thiophene rings is 1. The van der Waals surface area contributed by atoms with Crippen molar-refractivity contribution >= 4 is 11.3 Å². The van der Waals surface area contributed by atoms with E-state index in [2.05, 4.69) is 37.5 Å². The van der Waals surface area contributed by atoms with Crippen LogP contribution in [0.5, 0.6) is 0 Å². The van der Waals surface area contributed by atoms with Gasteiger partial charge < -0.3 is 11.1 Å². The first kappa shape index (κ1) is 13.7. The Hall–Kier alpha value is -0.380. The molecule has 1 rings (SSSR count). The molecule has 1 heterocycles. The molecule has 0 saturated heterocycles. The molecule has 1 unspecified atom stereocenters. The smallest absolute Gasteiger partial charge is 0.0542 e. The van der Waals surface area contributed by atoms with Crippen LogP contribution >= 0.6 is 11.3 Å². The van der Waals surface area contributed by atoms with Crippen LogP contribution < -0.4 is 11.1 Å². The molecular weight excluding hydrogens is 216 g/mol. The minimum Gasteiger partial charge on any atom is -0.329 e. The van der Waals surface area contributed by atoms with Gasteiger partial charge >= 0.3 is 0 Å². The van der Waals surface area contributed by atoms with Gasteiger partial charge in [0.1, 0.15) is 0 Å². The third-order valence-corrected chi connectivity index (χ3v) is 4.39. The molecule has 3 N–H and O–H groups in total. The predicted molar refractivity (Wildman–Crippen MR) is 72.9 cm³/mol. The van der Waals surface area contributed by atoms with Gasteiger partial charge in [-0.3, -0.25) is 0 Å². The van der Waals surface area contributed by atoms with Crippen molar-refractivity contribution in [1.82, 2.24) is 5.32 Å². The van der Waals surface area contributed by atoms with E-state index in [1.165, 1.54) is 23.3 Å². The Bertz CT molecular complexity index is 292. The van der Waals surface area contributed by atoms with Crippen molar-refractivity contribution in [2.24, 2.45) is 11.7 Å². The number of rotatable bonds is 7. The van der Waals surface area contributed by atoms with Gasteiger partial charge in [-0.1, -0.05) is 26.7 Å². The van der Waals surface area contributed by atoms with Crippen LogP contribution in [0.1, 0.15) is 43.2 Å². The summed E-state index contributed by atoms with van der Waals surface area (Å²) in [5, 5.41) is 5.74. The van der Waals surface area contributed by atoms with Crippen molar-refractivity contribution in [3.05, 3.63) is 21.9 Å². The van der Waals surface area contributed by atoms with Crippen molar-refractivity contribution in [3.8, 4) is 0 Å². The van der Waals surface area contributed by atoms with Gasteiger partial charge in [0.25, 0.3) is 0 Å². The van der Waals surface area contributed by atoms with Crippen LogP contribution in [0, 0.1) is 12.8 Å². The Morgan fingerprint density at radius 2 is 2.06 bits per heavy atom. The average Bonchev–Trinajstić information content (AvgIpc) is 2.71. The molecule has 0 aliphatic heterocycles. The number of nitrogens with two attached hydrogens (primary N) is 1. The summed E-state index contributed by atoms with van der Waals surface area (Å²) >= 11 is 1.81. The summed E-state index contributed by atoms with van der Waals surface area (Å²) in [6, 6.07) is 2.50. The van der Waals surface area contributed by atoms with Gasteiger partial charge in [0.05, 0.1) is 6.04 Å². The molecule has 0 aliphatic rings. The maximum atomic E-state index is 5.85. The molecule has 0 amide bonds. The number of nitrogens with one attached hydrogen (secondary N) is 1. The summed E-state index contributed by atoms with van der Waals surface area (Å²) in [5.74, 6) is 0.773. The zero-order chi connectivity index (χ0) is 12.0. The normalized spacial score (nSPS) is 13.3. The first-order valence-corrected chi connectivity index (χ1v) is 7.08. The summed E-state index contributed by atoms with van der Waals surface area (Å²) in [7, 11) is 0. The number of hydrogen-bond donors (Lipinski definition) is 2. The molecule has 0 aliphatic carbocycles. The maximum absolute atomic E-state index is 5.85. The number of aryl methyl sites for hydroxylation is 1. The lowest BCUT2D eigenvalue weighted by molar-refractivity contribution is 0.416. The van der Waals surface area contributed by atoms with E-state index in [9.17, 15) is 0 Å². The van der Waals surface area contributed by atoms with E-state index in [4.69, 9.17) is 5.73 Å². The van der Waals surface area contributed by atoms with Crippen LogP contribution in [0.3, 0.4) is 0 Å². The fourth-order valence-corrected chi connectivity index (χ4v) is 2.93. The van der Waals surface area contributed by atoms with Gasteiger partial charge in [0.15, 0.2) is 0 Å². The van der Waals surface area contributed by atoms with Crippen LogP contribution in [0.4, 0.5) is 0 Å². The van der Waals surface area contributed by atoms with Crippen LogP contribution in [0.2, 0.25) is 0 Å². The molecule has 0 aromatic carbocycles. The van der Waals surface area contributed by atoms with E-state index >= 15 is 0 Å². The third-order valence-electron chi connectivity index (χ3n) is 3.26. The van der Waals surface area contributed by atoms with E-state index in [1.807, 2.05) is 0 Å². The monoisotopic (exact) mass is 240 g/mol. The van der Waals surface area contributed by atoms with E-state index < -0.39 is 0 Å². The lowest BCUT2D eigenvalue weighted by atomic mass is 10.0. The van der Waals surface area contributed by atoms with Gasteiger partial charge in [0.2, 0.25) is 0 Å². The molecule has 1 aromatic rings. The molecule has 1 atom stereocenters. The molecule has 2 nitrogen and oxygen atoms in total. The fraction of sp³-hybridized carbons (Fsp3) is 0.692. The highest BCUT2D eigenvalue weighted by atomic mass is 32.1. The zero-order valence-electron chi connectivity index (χ0n) is 10.6. The highest BCUT2D eigenvalue weighted by Gasteiger charge is 2.14. The quantitative estimate of drug-likeness (QED) is 0.768. The lowest BCUT2D eigenvalue weighted by Gasteiger charge is -2.20. The minimum atomic E-state index is 0.334. The fourth-order valence-electron chi connectivity index (χ4n) is 1.91.